The number of carbonyl (C=O) groups is 1. The van der Waals surface area contributed by atoms with Crippen molar-refractivity contribution in [2.45, 2.75) is 53.6 Å². The van der Waals surface area contributed by atoms with Crippen molar-refractivity contribution < 1.29 is 9.53 Å². The van der Waals surface area contributed by atoms with Crippen LogP contribution in [0.5, 0.6) is 5.19 Å². The lowest BCUT2D eigenvalue weighted by Crippen LogP contribution is -2.46. The van der Waals surface area contributed by atoms with Gasteiger partial charge in [0.25, 0.3) is 5.19 Å². The molecule has 24 heavy (non-hydrogen) atoms. The first-order valence-corrected chi connectivity index (χ1v) is 9.40. The third-order valence-electron chi connectivity index (χ3n) is 4.56. The standard InChI is InChI=1S/C19H26N2O2S/c1-12-6-7-13(2)16-15(12)20-18(24-16)23-14-8-10-21(11-9-14)17(22)19(3,4)5/h6-7,14H,8-11H2,1-5H3. The SMILES string of the molecule is Cc1ccc(C)c2sc(OC3CCN(C(=O)C(C)(C)C)CC3)nc12. The van der Waals surface area contributed by atoms with E-state index in [9.17, 15) is 4.79 Å². The number of thiazole rings is 1. The molecule has 1 saturated heterocycles. The molecule has 1 amide bonds. The van der Waals surface area contributed by atoms with E-state index in [1.54, 1.807) is 11.3 Å². The average molecular weight is 346 g/mol. The number of piperidine rings is 1. The van der Waals surface area contributed by atoms with Crippen molar-refractivity contribution in [1.82, 2.24) is 9.88 Å². The van der Waals surface area contributed by atoms with Crippen LogP contribution >= 0.6 is 11.3 Å². The Morgan fingerprint density at radius 3 is 2.42 bits per heavy atom. The van der Waals surface area contributed by atoms with Crippen LogP contribution in [-0.2, 0) is 4.79 Å². The highest BCUT2D eigenvalue weighted by Crippen LogP contribution is 2.33. The first kappa shape index (κ1) is 17.2. The van der Waals surface area contributed by atoms with Crippen LogP contribution in [0.1, 0.15) is 44.7 Å². The largest absolute Gasteiger partial charge is 0.467 e. The molecule has 0 N–H and O–H groups in total. The second kappa shape index (κ2) is 6.36. The Morgan fingerprint density at radius 2 is 1.83 bits per heavy atom. The molecule has 3 rings (SSSR count). The fourth-order valence-corrected chi connectivity index (χ4v) is 4.11. The molecule has 0 bridgehead atoms. The van der Waals surface area contributed by atoms with E-state index in [2.05, 4.69) is 31.0 Å². The Hall–Kier alpha value is -1.62. The number of likely N-dealkylation sites (tertiary alicyclic amines) is 1. The maximum atomic E-state index is 12.4. The molecule has 0 radical (unpaired) electrons. The molecule has 0 unspecified atom stereocenters. The summed E-state index contributed by atoms with van der Waals surface area (Å²) in [5, 5.41) is 0.753. The van der Waals surface area contributed by atoms with Crippen LogP contribution in [0.3, 0.4) is 0 Å². The zero-order valence-corrected chi connectivity index (χ0v) is 16.0. The first-order valence-electron chi connectivity index (χ1n) is 8.58. The minimum absolute atomic E-state index is 0.148. The predicted octanol–water partition coefficient (Wildman–Crippen LogP) is 4.33. The van der Waals surface area contributed by atoms with Crippen LogP contribution in [0.2, 0.25) is 0 Å². The summed E-state index contributed by atoms with van der Waals surface area (Å²) in [4.78, 5) is 19.0. The Morgan fingerprint density at radius 1 is 1.21 bits per heavy atom. The van der Waals surface area contributed by atoms with Gasteiger partial charge in [-0.2, -0.15) is 0 Å². The van der Waals surface area contributed by atoms with Crippen LogP contribution in [0.25, 0.3) is 10.2 Å². The van der Waals surface area contributed by atoms with Crippen molar-refractivity contribution in [3.05, 3.63) is 23.3 Å². The van der Waals surface area contributed by atoms with Gasteiger partial charge < -0.3 is 9.64 Å². The van der Waals surface area contributed by atoms with E-state index in [1.807, 2.05) is 25.7 Å². The summed E-state index contributed by atoms with van der Waals surface area (Å²) in [6.07, 6.45) is 1.89. The molecule has 0 spiro atoms. The molecule has 1 aromatic heterocycles. The molecule has 4 nitrogen and oxygen atoms in total. The van der Waals surface area contributed by atoms with E-state index >= 15 is 0 Å². The monoisotopic (exact) mass is 346 g/mol. The van der Waals surface area contributed by atoms with E-state index in [0.29, 0.717) is 0 Å². The fraction of sp³-hybridized carbons (Fsp3) is 0.579. The number of aryl methyl sites for hydroxylation is 2. The number of nitrogens with zero attached hydrogens (tertiary/aromatic N) is 2. The average Bonchev–Trinajstić information content (AvgIpc) is 2.95. The highest BCUT2D eigenvalue weighted by molar-refractivity contribution is 7.20. The highest BCUT2D eigenvalue weighted by atomic mass is 32.1. The predicted molar refractivity (Wildman–Crippen MR) is 98.8 cm³/mol. The number of aromatic nitrogens is 1. The van der Waals surface area contributed by atoms with E-state index in [-0.39, 0.29) is 17.4 Å². The zero-order valence-electron chi connectivity index (χ0n) is 15.2. The summed E-state index contributed by atoms with van der Waals surface area (Å²) >= 11 is 1.63. The number of carbonyl (C=O) groups excluding carboxylic acids is 1. The fourth-order valence-electron chi connectivity index (χ4n) is 3.08. The smallest absolute Gasteiger partial charge is 0.274 e. The Labute approximate surface area is 147 Å². The molecule has 0 aliphatic carbocycles. The first-order chi connectivity index (χ1) is 11.3. The molecular formula is C19H26N2O2S. The molecule has 0 atom stereocenters. The van der Waals surface area contributed by atoms with Gasteiger partial charge in [0.05, 0.1) is 10.2 Å². The van der Waals surface area contributed by atoms with Gasteiger partial charge in [-0.15, -0.1) is 0 Å². The van der Waals surface area contributed by atoms with Crippen molar-refractivity contribution in [1.29, 1.82) is 0 Å². The van der Waals surface area contributed by atoms with Gasteiger partial charge in [-0.25, -0.2) is 4.98 Å². The molecule has 2 aromatic rings. The number of amides is 1. The molecule has 1 fully saturated rings. The van der Waals surface area contributed by atoms with Gasteiger partial charge in [0.2, 0.25) is 5.91 Å². The van der Waals surface area contributed by atoms with Gasteiger partial charge in [-0.05, 0) is 25.0 Å². The second-order valence-electron chi connectivity index (χ2n) is 7.72. The number of ether oxygens (including phenoxy) is 1. The summed E-state index contributed by atoms with van der Waals surface area (Å²) in [5.74, 6) is 0.229. The van der Waals surface area contributed by atoms with Crippen LogP contribution in [0, 0.1) is 19.3 Å². The molecule has 1 aliphatic heterocycles. The second-order valence-corrected chi connectivity index (χ2v) is 8.68. The van der Waals surface area contributed by atoms with E-state index in [1.165, 1.54) is 15.8 Å². The van der Waals surface area contributed by atoms with Crippen molar-refractivity contribution >= 4 is 27.5 Å². The quantitative estimate of drug-likeness (QED) is 0.813. The van der Waals surface area contributed by atoms with E-state index in [0.717, 1.165) is 36.6 Å². The summed E-state index contributed by atoms with van der Waals surface area (Å²) in [5.41, 5.74) is 3.17. The lowest BCUT2D eigenvalue weighted by atomic mass is 9.93. The van der Waals surface area contributed by atoms with Crippen molar-refractivity contribution in [3.8, 4) is 5.19 Å². The third kappa shape index (κ3) is 3.41. The number of hydrogen-bond donors (Lipinski definition) is 0. The van der Waals surface area contributed by atoms with Gasteiger partial charge in [-0.1, -0.05) is 44.2 Å². The molecule has 1 aliphatic rings. The molecule has 0 saturated carbocycles. The van der Waals surface area contributed by atoms with Crippen molar-refractivity contribution in [3.63, 3.8) is 0 Å². The molecular weight excluding hydrogens is 320 g/mol. The van der Waals surface area contributed by atoms with Crippen LogP contribution in [-0.4, -0.2) is 35.0 Å². The van der Waals surface area contributed by atoms with Gasteiger partial charge in [0.1, 0.15) is 6.10 Å². The number of fused-ring (bicyclic) bond motifs is 1. The number of hydrogen-bond acceptors (Lipinski definition) is 4. The van der Waals surface area contributed by atoms with Crippen LogP contribution in [0.15, 0.2) is 12.1 Å². The van der Waals surface area contributed by atoms with Gasteiger partial charge in [0.15, 0.2) is 0 Å². The van der Waals surface area contributed by atoms with Crippen LogP contribution in [0.4, 0.5) is 0 Å². The molecule has 2 heterocycles. The summed E-state index contributed by atoms with van der Waals surface area (Å²) in [6.45, 7) is 11.7. The highest BCUT2D eigenvalue weighted by Gasteiger charge is 2.31. The molecule has 1 aromatic carbocycles. The lowest BCUT2D eigenvalue weighted by molar-refractivity contribution is -0.141. The topological polar surface area (TPSA) is 42.4 Å². The zero-order chi connectivity index (χ0) is 17.5. The number of rotatable bonds is 2. The summed E-state index contributed by atoms with van der Waals surface area (Å²) in [6, 6.07) is 4.24. The molecule has 5 heteroatoms. The van der Waals surface area contributed by atoms with Crippen molar-refractivity contribution in [2.75, 3.05) is 13.1 Å². The normalized spacial score (nSPS) is 16.6. The third-order valence-corrected chi connectivity index (χ3v) is 5.64. The lowest BCUT2D eigenvalue weighted by Gasteiger charge is -2.35. The maximum Gasteiger partial charge on any atom is 0.274 e. The summed E-state index contributed by atoms with van der Waals surface area (Å²) < 4.78 is 7.35. The van der Waals surface area contributed by atoms with E-state index in [4.69, 9.17) is 4.74 Å². The Kier molecular flexibility index (Phi) is 4.56. The van der Waals surface area contributed by atoms with Crippen molar-refractivity contribution in [2.24, 2.45) is 5.41 Å². The summed E-state index contributed by atoms with van der Waals surface area (Å²) in [7, 11) is 0. The molecule has 130 valence electrons. The maximum absolute atomic E-state index is 12.4. The van der Waals surface area contributed by atoms with Crippen LogP contribution < -0.4 is 4.74 Å². The van der Waals surface area contributed by atoms with Gasteiger partial charge >= 0.3 is 0 Å². The van der Waals surface area contributed by atoms with E-state index < -0.39 is 0 Å². The Bertz CT molecular complexity index is 714. The number of benzene rings is 1. The van der Waals surface area contributed by atoms with Gasteiger partial charge in [0, 0.05) is 31.3 Å². The minimum atomic E-state index is -0.310. The van der Waals surface area contributed by atoms with Gasteiger partial charge in [-0.3, -0.25) is 4.79 Å². The minimum Gasteiger partial charge on any atom is -0.467 e. The Balaban J connectivity index is 1.66.